The Morgan fingerprint density at radius 3 is 2.65 bits per heavy atom. The van der Waals surface area contributed by atoms with Gasteiger partial charge in [-0.2, -0.15) is 5.10 Å². The lowest BCUT2D eigenvalue weighted by Crippen LogP contribution is -2.17. The van der Waals surface area contributed by atoms with E-state index in [1.54, 1.807) is 19.1 Å². The molecule has 23 heavy (non-hydrogen) atoms. The van der Waals surface area contributed by atoms with Gasteiger partial charge in [0.05, 0.1) is 18.0 Å². The van der Waals surface area contributed by atoms with Crippen LogP contribution in [0.1, 0.15) is 21.9 Å². The van der Waals surface area contributed by atoms with E-state index in [-0.39, 0.29) is 5.91 Å². The zero-order valence-corrected chi connectivity index (χ0v) is 13.8. The highest BCUT2D eigenvalue weighted by Crippen LogP contribution is 2.23. The van der Waals surface area contributed by atoms with E-state index >= 15 is 0 Å². The first-order valence-corrected chi connectivity index (χ1v) is 7.66. The highest BCUT2D eigenvalue weighted by Gasteiger charge is 2.10. The predicted octanol–water partition coefficient (Wildman–Crippen LogP) is 4.37. The smallest absolute Gasteiger partial charge is 0.274 e. The molecule has 2 heterocycles. The second kappa shape index (κ2) is 6.66. The van der Waals surface area contributed by atoms with Crippen molar-refractivity contribution in [2.45, 2.75) is 6.92 Å². The predicted molar refractivity (Wildman–Crippen MR) is 90.3 cm³/mol. The fourth-order valence-electron chi connectivity index (χ4n) is 2.03. The maximum atomic E-state index is 11.9. The van der Waals surface area contributed by atoms with Crippen molar-refractivity contribution in [3.05, 3.63) is 70.3 Å². The van der Waals surface area contributed by atoms with Crippen LogP contribution in [0.5, 0.6) is 0 Å². The molecule has 2 aromatic heterocycles. The summed E-state index contributed by atoms with van der Waals surface area (Å²) >= 11 is 3.39. The zero-order valence-electron chi connectivity index (χ0n) is 12.2. The lowest BCUT2D eigenvalue weighted by atomic mass is 10.2. The molecule has 0 saturated carbocycles. The molecular formula is C17H13BrN2O3. The molecule has 6 heteroatoms. The van der Waals surface area contributed by atoms with Crippen LogP contribution in [0.25, 0.3) is 11.3 Å². The van der Waals surface area contributed by atoms with Gasteiger partial charge < -0.3 is 8.83 Å². The Kier molecular flexibility index (Phi) is 4.43. The fraction of sp³-hybridized carbons (Fsp3) is 0.0588. The number of furan rings is 2. The summed E-state index contributed by atoms with van der Waals surface area (Å²) in [7, 11) is 0. The Morgan fingerprint density at radius 1 is 1.17 bits per heavy atom. The number of nitrogens with one attached hydrogen (secondary N) is 1. The molecule has 1 amide bonds. The van der Waals surface area contributed by atoms with E-state index < -0.39 is 0 Å². The van der Waals surface area contributed by atoms with Gasteiger partial charge in [0.25, 0.3) is 5.91 Å². The lowest BCUT2D eigenvalue weighted by Gasteiger charge is -1.97. The quantitative estimate of drug-likeness (QED) is 0.545. The summed E-state index contributed by atoms with van der Waals surface area (Å²) in [5, 5.41) is 3.89. The van der Waals surface area contributed by atoms with Crippen LogP contribution in [0.3, 0.4) is 0 Å². The molecule has 3 aromatic rings. The lowest BCUT2D eigenvalue weighted by molar-refractivity contribution is 0.0953. The van der Waals surface area contributed by atoms with Gasteiger partial charge in [0.2, 0.25) is 0 Å². The largest absolute Gasteiger partial charge is 0.469 e. The first-order chi connectivity index (χ1) is 11.1. The number of carbonyl (C=O) groups excluding carboxylic acids is 1. The minimum absolute atomic E-state index is 0.327. The molecule has 0 radical (unpaired) electrons. The van der Waals surface area contributed by atoms with Crippen LogP contribution in [0.2, 0.25) is 0 Å². The van der Waals surface area contributed by atoms with Crippen molar-refractivity contribution in [3.8, 4) is 11.3 Å². The van der Waals surface area contributed by atoms with Gasteiger partial charge in [0.1, 0.15) is 17.3 Å². The maximum absolute atomic E-state index is 11.9. The monoisotopic (exact) mass is 372 g/mol. The van der Waals surface area contributed by atoms with Crippen LogP contribution in [-0.4, -0.2) is 12.1 Å². The van der Waals surface area contributed by atoms with E-state index in [0.717, 1.165) is 15.8 Å². The van der Waals surface area contributed by atoms with Gasteiger partial charge in [0, 0.05) is 10.0 Å². The van der Waals surface area contributed by atoms with Crippen molar-refractivity contribution < 1.29 is 13.6 Å². The molecule has 0 spiro atoms. The summed E-state index contributed by atoms with van der Waals surface area (Å²) in [6.07, 6.45) is 2.92. The number of benzene rings is 1. The van der Waals surface area contributed by atoms with Gasteiger partial charge in [-0.05, 0) is 37.3 Å². The van der Waals surface area contributed by atoms with E-state index in [9.17, 15) is 4.79 Å². The van der Waals surface area contributed by atoms with E-state index in [2.05, 4.69) is 26.5 Å². The number of halogens is 1. The number of nitrogens with zero attached hydrogens (tertiary/aromatic N) is 1. The highest BCUT2D eigenvalue weighted by molar-refractivity contribution is 9.10. The number of amides is 1. The van der Waals surface area contributed by atoms with Crippen molar-refractivity contribution in [1.82, 2.24) is 5.43 Å². The molecule has 0 atom stereocenters. The second-order valence-electron chi connectivity index (χ2n) is 4.80. The van der Waals surface area contributed by atoms with Crippen molar-refractivity contribution in [2.75, 3.05) is 0 Å². The van der Waals surface area contributed by atoms with E-state index in [4.69, 9.17) is 8.83 Å². The van der Waals surface area contributed by atoms with Crippen molar-refractivity contribution in [3.63, 3.8) is 0 Å². The van der Waals surface area contributed by atoms with Crippen LogP contribution in [-0.2, 0) is 0 Å². The van der Waals surface area contributed by atoms with Crippen LogP contribution in [0, 0.1) is 6.92 Å². The van der Waals surface area contributed by atoms with Crippen LogP contribution in [0.15, 0.2) is 67.1 Å². The van der Waals surface area contributed by atoms with E-state index in [1.165, 1.54) is 12.5 Å². The molecule has 0 aliphatic heterocycles. The minimum Gasteiger partial charge on any atom is -0.469 e. The molecular weight excluding hydrogens is 360 g/mol. The van der Waals surface area contributed by atoms with Gasteiger partial charge in [-0.25, -0.2) is 5.43 Å². The number of hydrazone groups is 1. The Bertz CT molecular complexity index is 847. The molecule has 1 aromatic carbocycles. The third kappa shape index (κ3) is 3.60. The van der Waals surface area contributed by atoms with Crippen molar-refractivity contribution >= 4 is 28.1 Å². The third-order valence-electron chi connectivity index (χ3n) is 3.22. The molecule has 5 nitrogen and oxygen atoms in total. The first-order valence-electron chi connectivity index (χ1n) is 6.87. The molecule has 0 fully saturated rings. The Balaban J connectivity index is 1.66. The van der Waals surface area contributed by atoms with Gasteiger partial charge in [-0.15, -0.1) is 0 Å². The Morgan fingerprint density at radius 2 is 1.96 bits per heavy atom. The van der Waals surface area contributed by atoms with E-state index in [0.29, 0.717) is 17.1 Å². The molecule has 0 bridgehead atoms. The molecule has 1 N–H and O–H groups in total. The summed E-state index contributed by atoms with van der Waals surface area (Å²) < 4.78 is 11.8. The molecule has 0 saturated heterocycles. The normalized spacial score (nSPS) is 11.0. The van der Waals surface area contributed by atoms with Gasteiger partial charge >= 0.3 is 0 Å². The summed E-state index contributed by atoms with van der Waals surface area (Å²) in [5.41, 5.74) is 3.85. The standard InChI is InChI=1S/C17H13BrN2O3/c1-11-15(8-9-22-11)17(21)20-19-10-14-6-7-16(23-14)12-2-4-13(18)5-3-12/h2-10H,1H3,(H,20,21)/b19-10-. The molecule has 0 aliphatic rings. The Labute approximate surface area is 141 Å². The Hall–Kier alpha value is -2.60. The minimum atomic E-state index is -0.327. The number of aryl methyl sites for hydroxylation is 1. The summed E-state index contributed by atoms with van der Waals surface area (Å²) in [5.74, 6) is 1.50. The van der Waals surface area contributed by atoms with E-state index in [1.807, 2.05) is 30.3 Å². The number of hydrogen-bond donors (Lipinski definition) is 1. The number of rotatable bonds is 4. The summed E-state index contributed by atoms with van der Waals surface area (Å²) in [6.45, 7) is 1.72. The summed E-state index contributed by atoms with van der Waals surface area (Å²) in [4.78, 5) is 11.9. The van der Waals surface area contributed by atoms with Gasteiger partial charge in [0.15, 0.2) is 0 Å². The van der Waals surface area contributed by atoms with Crippen molar-refractivity contribution in [1.29, 1.82) is 0 Å². The average Bonchev–Trinajstić information content (AvgIpc) is 3.17. The second-order valence-corrected chi connectivity index (χ2v) is 5.71. The molecule has 0 aliphatic carbocycles. The summed E-state index contributed by atoms with van der Waals surface area (Å²) in [6, 6.07) is 13.0. The van der Waals surface area contributed by atoms with Crippen LogP contribution >= 0.6 is 15.9 Å². The fourth-order valence-corrected chi connectivity index (χ4v) is 2.29. The molecule has 116 valence electrons. The van der Waals surface area contributed by atoms with Crippen LogP contribution in [0.4, 0.5) is 0 Å². The number of hydrogen-bond acceptors (Lipinski definition) is 4. The maximum Gasteiger partial charge on any atom is 0.274 e. The average molecular weight is 373 g/mol. The number of carbonyl (C=O) groups is 1. The topological polar surface area (TPSA) is 67.7 Å². The third-order valence-corrected chi connectivity index (χ3v) is 3.75. The molecule has 3 rings (SSSR count). The van der Waals surface area contributed by atoms with Crippen molar-refractivity contribution in [2.24, 2.45) is 5.10 Å². The van der Waals surface area contributed by atoms with Gasteiger partial charge in [-0.1, -0.05) is 28.1 Å². The zero-order chi connectivity index (χ0) is 16.2. The van der Waals surface area contributed by atoms with Gasteiger partial charge in [-0.3, -0.25) is 4.79 Å². The highest BCUT2D eigenvalue weighted by atomic mass is 79.9. The SMILES string of the molecule is Cc1occc1C(=O)N/N=C\c1ccc(-c2ccc(Br)cc2)o1. The van der Waals surface area contributed by atoms with Crippen LogP contribution < -0.4 is 5.43 Å². The first kappa shape index (κ1) is 15.3. The molecule has 0 unspecified atom stereocenters.